The second kappa shape index (κ2) is 6.15. The first kappa shape index (κ1) is 13.3. The highest BCUT2D eigenvalue weighted by atomic mass is 16.2. The summed E-state index contributed by atoms with van der Waals surface area (Å²) in [7, 11) is 0. The molecule has 1 heterocycles. The first-order chi connectivity index (χ1) is 9.22. The van der Waals surface area contributed by atoms with E-state index < -0.39 is 0 Å². The highest BCUT2D eigenvalue weighted by molar-refractivity contribution is 5.84. The molecule has 0 radical (unpaired) electrons. The van der Waals surface area contributed by atoms with E-state index in [-0.39, 0.29) is 24.4 Å². The van der Waals surface area contributed by atoms with Gasteiger partial charge < -0.3 is 16.0 Å². The smallest absolute Gasteiger partial charge is 0.229 e. The Hall–Kier alpha value is -2.14. The molecule has 5 heteroatoms. The molecule has 5 nitrogen and oxygen atoms in total. The van der Waals surface area contributed by atoms with Crippen LogP contribution in [0.15, 0.2) is 42.7 Å². The van der Waals surface area contributed by atoms with E-state index in [0.717, 1.165) is 11.4 Å². The van der Waals surface area contributed by atoms with E-state index in [1.54, 1.807) is 12.4 Å². The minimum absolute atomic E-state index is 0.0856. The monoisotopic (exact) mass is 258 g/mol. The van der Waals surface area contributed by atoms with Crippen molar-refractivity contribution in [2.75, 3.05) is 6.54 Å². The average molecular weight is 258 g/mol. The molecule has 19 heavy (non-hydrogen) atoms. The molecule has 2 atom stereocenters. The van der Waals surface area contributed by atoms with Crippen LogP contribution in [-0.2, 0) is 4.79 Å². The van der Waals surface area contributed by atoms with Gasteiger partial charge in [0.15, 0.2) is 0 Å². The lowest BCUT2D eigenvalue weighted by molar-refractivity contribution is -0.123. The maximum absolute atomic E-state index is 12.2. The maximum atomic E-state index is 12.2. The molecular weight excluding hydrogens is 240 g/mol. The highest BCUT2D eigenvalue weighted by Gasteiger charge is 2.21. The number of nitrogens with one attached hydrogen (secondary N) is 2. The summed E-state index contributed by atoms with van der Waals surface area (Å²) in [5.74, 6) is 0.313. The second-order valence-corrected chi connectivity index (χ2v) is 4.40. The van der Waals surface area contributed by atoms with Crippen LogP contribution in [0.5, 0.6) is 0 Å². The average Bonchev–Trinajstić information content (AvgIpc) is 2.94. The van der Waals surface area contributed by atoms with Gasteiger partial charge in [0.1, 0.15) is 5.82 Å². The largest absolute Gasteiger partial charge is 0.347 e. The topological polar surface area (TPSA) is 83.8 Å². The predicted octanol–water partition coefficient (Wildman–Crippen LogP) is 1.33. The Morgan fingerprint density at radius 3 is 2.74 bits per heavy atom. The number of H-pyrrole nitrogens is 1. The number of carbonyl (C=O) groups excluding carboxylic acids is 1. The Kier molecular flexibility index (Phi) is 4.30. The molecule has 1 amide bonds. The number of nitrogens with zero attached hydrogens (tertiary/aromatic N) is 1. The number of rotatable bonds is 5. The normalized spacial score (nSPS) is 13.8. The first-order valence-electron chi connectivity index (χ1n) is 6.27. The number of carbonyl (C=O) groups is 1. The fourth-order valence-electron chi connectivity index (χ4n) is 1.98. The molecule has 0 spiro atoms. The summed E-state index contributed by atoms with van der Waals surface area (Å²) in [6, 6.07) is 9.38. The van der Waals surface area contributed by atoms with E-state index in [1.165, 1.54) is 0 Å². The number of amides is 1. The number of aromatic amines is 1. The Morgan fingerprint density at radius 2 is 2.16 bits per heavy atom. The molecule has 1 aromatic heterocycles. The summed E-state index contributed by atoms with van der Waals surface area (Å²) >= 11 is 0. The van der Waals surface area contributed by atoms with Gasteiger partial charge in [-0.1, -0.05) is 30.3 Å². The lowest BCUT2D eigenvalue weighted by atomic mass is 9.98. The van der Waals surface area contributed by atoms with Gasteiger partial charge >= 0.3 is 0 Å². The van der Waals surface area contributed by atoms with E-state index in [1.807, 2.05) is 37.3 Å². The molecule has 1 aromatic carbocycles. The van der Waals surface area contributed by atoms with Gasteiger partial charge in [-0.2, -0.15) is 0 Å². The van der Waals surface area contributed by atoms with E-state index in [0.29, 0.717) is 0 Å². The molecule has 0 saturated carbocycles. The van der Waals surface area contributed by atoms with Gasteiger partial charge in [0, 0.05) is 18.9 Å². The van der Waals surface area contributed by atoms with Crippen molar-refractivity contribution < 1.29 is 4.79 Å². The molecule has 0 fully saturated rings. The number of hydrogen-bond donors (Lipinski definition) is 3. The molecular formula is C14H18N4O. The minimum atomic E-state index is -0.335. The van der Waals surface area contributed by atoms with E-state index >= 15 is 0 Å². The number of aromatic nitrogens is 2. The summed E-state index contributed by atoms with van der Waals surface area (Å²) in [5.41, 5.74) is 6.64. The van der Waals surface area contributed by atoms with Crippen molar-refractivity contribution in [3.63, 3.8) is 0 Å². The Labute approximate surface area is 112 Å². The zero-order chi connectivity index (χ0) is 13.7. The molecule has 100 valence electrons. The molecule has 2 unspecified atom stereocenters. The van der Waals surface area contributed by atoms with Crippen molar-refractivity contribution >= 4 is 5.91 Å². The van der Waals surface area contributed by atoms with Gasteiger partial charge in [-0.05, 0) is 12.5 Å². The van der Waals surface area contributed by atoms with Crippen LogP contribution in [0.1, 0.15) is 30.3 Å². The molecule has 0 aliphatic carbocycles. The third-order valence-electron chi connectivity index (χ3n) is 3.04. The van der Waals surface area contributed by atoms with Crippen LogP contribution in [0.3, 0.4) is 0 Å². The van der Waals surface area contributed by atoms with Crippen molar-refractivity contribution in [2.24, 2.45) is 5.73 Å². The molecule has 4 N–H and O–H groups in total. The zero-order valence-corrected chi connectivity index (χ0v) is 10.8. The molecule has 0 bridgehead atoms. The van der Waals surface area contributed by atoms with Gasteiger partial charge in [-0.15, -0.1) is 0 Å². The Bertz CT molecular complexity index is 510. The summed E-state index contributed by atoms with van der Waals surface area (Å²) in [4.78, 5) is 19.4. The number of imidazole rings is 1. The van der Waals surface area contributed by atoms with Crippen LogP contribution < -0.4 is 11.1 Å². The number of nitrogens with two attached hydrogens (primary N) is 1. The lowest BCUT2D eigenvalue weighted by Crippen LogP contribution is -2.35. The summed E-state index contributed by atoms with van der Waals surface area (Å²) in [6.07, 6.45) is 3.39. The third-order valence-corrected chi connectivity index (χ3v) is 3.04. The lowest BCUT2D eigenvalue weighted by Gasteiger charge is -2.18. The van der Waals surface area contributed by atoms with E-state index in [9.17, 15) is 4.79 Å². The fraction of sp³-hybridized carbons (Fsp3) is 0.286. The van der Waals surface area contributed by atoms with Gasteiger partial charge in [-0.25, -0.2) is 4.98 Å². The van der Waals surface area contributed by atoms with Crippen molar-refractivity contribution in [3.8, 4) is 0 Å². The van der Waals surface area contributed by atoms with Crippen molar-refractivity contribution in [2.45, 2.75) is 18.9 Å². The van der Waals surface area contributed by atoms with Crippen molar-refractivity contribution in [3.05, 3.63) is 54.1 Å². The maximum Gasteiger partial charge on any atom is 0.229 e. The fourth-order valence-corrected chi connectivity index (χ4v) is 1.98. The van der Waals surface area contributed by atoms with Crippen LogP contribution in [0, 0.1) is 0 Å². The predicted molar refractivity (Wildman–Crippen MR) is 73.4 cm³/mol. The molecule has 0 saturated heterocycles. The van der Waals surface area contributed by atoms with E-state index in [2.05, 4.69) is 15.3 Å². The van der Waals surface area contributed by atoms with Gasteiger partial charge in [0.25, 0.3) is 0 Å². The van der Waals surface area contributed by atoms with Crippen molar-refractivity contribution in [1.82, 2.24) is 15.3 Å². The van der Waals surface area contributed by atoms with Gasteiger partial charge in [-0.3, -0.25) is 4.79 Å². The SMILES string of the molecule is CC(NC(=O)C(CN)c1ccccc1)c1ncc[nH]1. The standard InChI is InChI=1S/C14H18N4O/c1-10(13-16-7-8-17-13)18-14(19)12(9-15)11-5-3-2-4-6-11/h2-8,10,12H,9,15H2,1H3,(H,16,17)(H,18,19). The quantitative estimate of drug-likeness (QED) is 0.756. The summed E-state index contributed by atoms with van der Waals surface area (Å²) in [5, 5.41) is 2.92. The van der Waals surface area contributed by atoms with Crippen LogP contribution in [-0.4, -0.2) is 22.4 Å². The molecule has 2 aromatic rings. The van der Waals surface area contributed by atoms with Gasteiger partial charge in [0.05, 0.1) is 12.0 Å². The Morgan fingerprint density at radius 1 is 1.42 bits per heavy atom. The van der Waals surface area contributed by atoms with Crippen LogP contribution in [0.25, 0.3) is 0 Å². The molecule has 0 aliphatic heterocycles. The molecule has 2 rings (SSSR count). The van der Waals surface area contributed by atoms with Crippen LogP contribution >= 0.6 is 0 Å². The summed E-state index contributed by atoms with van der Waals surface area (Å²) in [6.45, 7) is 2.16. The molecule has 0 aliphatic rings. The second-order valence-electron chi connectivity index (χ2n) is 4.40. The van der Waals surface area contributed by atoms with Crippen LogP contribution in [0.4, 0.5) is 0 Å². The van der Waals surface area contributed by atoms with Crippen molar-refractivity contribution in [1.29, 1.82) is 0 Å². The zero-order valence-electron chi connectivity index (χ0n) is 10.8. The van der Waals surface area contributed by atoms with Gasteiger partial charge in [0.2, 0.25) is 5.91 Å². The minimum Gasteiger partial charge on any atom is -0.347 e. The summed E-state index contributed by atoms with van der Waals surface area (Å²) < 4.78 is 0. The first-order valence-corrected chi connectivity index (χ1v) is 6.27. The van der Waals surface area contributed by atoms with Crippen LogP contribution in [0.2, 0.25) is 0 Å². The highest BCUT2D eigenvalue weighted by Crippen LogP contribution is 2.16. The number of benzene rings is 1. The number of hydrogen-bond acceptors (Lipinski definition) is 3. The van der Waals surface area contributed by atoms with E-state index in [4.69, 9.17) is 5.73 Å². The Balaban J connectivity index is 2.06. The third kappa shape index (κ3) is 3.20.